The van der Waals surface area contributed by atoms with Gasteiger partial charge in [-0.15, -0.1) is 34.2 Å². The molecule has 8 heteroatoms. The molecular weight excluding hydrogens is 443 g/mol. The number of halogens is 1. The lowest BCUT2D eigenvalue weighted by atomic mass is 9.60. The quantitative estimate of drug-likeness (QED) is 0.359. The molecule has 0 aliphatic heterocycles. The van der Waals surface area contributed by atoms with Gasteiger partial charge < -0.3 is 19.9 Å². The van der Waals surface area contributed by atoms with Gasteiger partial charge in [0.2, 0.25) is 0 Å². The zero-order chi connectivity index (χ0) is 17.7. The first-order valence-corrected chi connectivity index (χ1v) is 9.69. The van der Waals surface area contributed by atoms with Crippen LogP contribution in [0.25, 0.3) is 0 Å². The molecule has 0 aromatic carbocycles. The largest absolute Gasteiger partial charge is 0.378 e. The van der Waals surface area contributed by atoms with Gasteiger partial charge >= 0.3 is 0 Å². The third-order valence-corrected chi connectivity index (χ3v) is 5.88. The third-order valence-electron chi connectivity index (χ3n) is 5.88. The van der Waals surface area contributed by atoms with Crippen LogP contribution in [0.1, 0.15) is 51.8 Å². The van der Waals surface area contributed by atoms with Crippen molar-refractivity contribution >= 4 is 29.9 Å². The minimum Gasteiger partial charge on any atom is -0.378 e. The summed E-state index contributed by atoms with van der Waals surface area (Å²) in [5, 5.41) is 15.2. The minimum atomic E-state index is 0. The topological polar surface area (TPSA) is 76.4 Å². The second-order valence-electron chi connectivity index (χ2n) is 7.11. The average Bonchev–Trinajstić information content (AvgIpc) is 3.29. The standard InChI is InChI=1S/C18H32N6O.HI/c1-4-16-23-21-13-24(16)11-10-20-17(19-3)22-14-12-15(25-5-2)18(14)8-6-7-9-18;/h13-15H,4-12H2,1-3H3,(H2,19,20,22);1H. The Labute approximate surface area is 173 Å². The summed E-state index contributed by atoms with van der Waals surface area (Å²) in [6.45, 7) is 6.65. The van der Waals surface area contributed by atoms with Crippen LogP contribution in [0.3, 0.4) is 0 Å². The maximum absolute atomic E-state index is 6.00. The molecule has 2 aliphatic rings. The Morgan fingerprint density at radius 2 is 2.15 bits per heavy atom. The molecule has 2 saturated carbocycles. The highest BCUT2D eigenvalue weighted by molar-refractivity contribution is 14.0. The lowest BCUT2D eigenvalue weighted by molar-refractivity contribution is -0.125. The number of guanidine groups is 1. The van der Waals surface area contributed by atoms with Crippen LogP contribution in [0, 0.1) is 5.41 Å². The summed E-state index contributed by atoms with van der Waals surface area (Å²) < 4.78 is 8.09. The van der Waals surface area contributed by atoms with Gasteiger partial charge in [0.05, 0.1) is 6.10 Å². The van der Waals surface area contributed by atoms with E-state index >= 15 is 0 Å². The normalized spacial score (nSPS) is 24.2. The summed E-state index contributed by atoms with van der Waals surface area (Å²) in [6.07, 6.45) is 9.38. The van der Waals surface area contributed by atoms with Crippen LogP contribution in [0.2, 0.25) is 0 Å². The number of hydrogen-bond donors (Lipinski definition) is 2. The molecule has 1 spiro atoms. The zero-order valence-corrected chi connectivity index (χ0v) is 18.5. The van der Waals surface area contributed by atoms with E-state index in [-0.39, 0.29) is 24.0 Å². The first-order chi connectivity index (χ1) is 12.2. The molecule has 148 valence electrons. The molecule has 1 aromatic rings. The summed E-state index contributed by atoms with van der Waals surface area (Å²) in [6, 6.07) is 0.471. The molecule has 3 rings (SSSR count). The lowest BCUT2D eigenvalue weighted by Crippen LogP contribution is -2.65. The molecule has 7 nitrogen and oxygen atoms in total. The average molecular weight is 476 g/mol. The smallest absolute Gasteiger partial charge is 0.191 e. The maximum atomic E-state index is 6.00. The summed E-state index contributed by atoms with van der Waals surface area (Å²) >= 11 is 0. The van der Waals surface area contributed by atoms with Gasteiger partial charge in [-0.1, -0.05) is 19.8 Å². The van der Waals surface area contributed by atoms with Gasteiger partial charge in [-0.05, 0) is 26.2 Å². The van der Waals surface area contributed by atoms with E-state index in [0.29, 0.717) is 17.6 Å². The minimum absolute atomic E-state index is 0. The Morgan fingerprint density at radius 1 is 1.38 bits per heavy atom. The molecule has 0 amide bonds. The fourth-order valence-corrected chi connectivity index (χ4v) is 4.48. The molecule has 0 radical (unpaired) electrons. The van der Waals surface area contributed by atoms with Crippen LogP contribution in [-0.2, 0) is 17.7 Å². The molecule has 1 aromatic heterocycles. The predicted molar refractivity (Wildman–Crippen MR) is 114 cm³/mol. The molecule has 2 unspecified atom stereocenters. The highest BCUT2D eigenvalue weighted by Crippen LogP contribution is 2.54. The van der Waals surface area contributed by atoms with Gasteiger partial charge in [-0.3, -0.25) is 4.99 Å². The van der Waals surface area contributed by atoms with Crippen molar-refractivity contribution in [2.45, 2.75) is 71.1 Å². The van der Waals surface area contributed by atoms with Crippen LogP contribution >= 0.6 is 24.0 Å². The monoisotopic (exact) mass is 476 g/mol. The second-order valence-corrected chi connectivity index (χ2v) is 7.11. The Kier molecular flexibility index (Phi) is 8.12. The summed E-state index contributed by atoms with van der Waals surface area (Å²) in [5.74, 6) is 1.91. The molecule has 1 heterocycles. The fourth-order valence-electron chi connectivity index (χ4n) is 4.48. The van der Waals surface area contributed by atoms with E-state index in [2.05, 4.69) is 44.2 Å². The van der Waals surface area contributed by atoms with E-state index in [1.54, 1.807) is 6.33 Å². The van der Waals surface area contributed by atoms with Gasteiger partial charge in [0.25, 0.3) is 0 Å². The SMILES string of the molecule is CCOC1CC(NC(=NC)NCCn2cnnc2CC)C12CCCC2.I. The molecule has 2 fully saturated rings. The number of ether oxygens (including phenoxy) is 1. The van der Waals surface area contributed by atoms with E-state index in [1.807, 2.05) is 7.05 Å². The van der Waals surface area contributed by atoms with Crippen LogP contribution < -0.4 is 10.6 Å². The second kappa shape index (κ2) is 9.87. The third kappa shape index (κ3) is 4.32. The maximum Gasteiger partial charge on any atom is 0.191 e. The Balaban J connectivity index is 0.00000243. The molecule has 2 atom stereocenters. The highest BCUT2D eigenvalue weighted by Gasteiger charge is 2.56. The van der Waals surface area contributed by atoms with Crippen molar-refractivity contribution in [3.8, 4) is 0 Å². The van der Waals surface area contributed by atoms with E-state index in [1.165, 1.54) is 25.7 Å². The van der Waals surface area contributed by atoms with Gasteiger partial charge in [0.1, 0.15) is 12.2 Å². The number of aryl methyl sites for hydroxylation is 1. The highest BCUT2D eigenvalue weighted by atomic mass is 127. The summed E-state index contributed by atoms with van der Waals surface area (Å²) in [5.41, 5.74) is 0.317. The first kappa shape index (κ1) is 21.4. The van der Waals surface area contributed by atoms with Crippen LogP contribution in [-0.4, -0.2) is 53.1 Å². The van der Waals surface area contributed by atoms with Crippen molar-refractivity contribution in [3.63, 3.8) is 0 Å². The zero-order valence-electron chi connectivity index (χ0n) is 16.2. The van der Waals surface area contributed by atoms with Gasteiger partial charge in [0, 0.05) is 44.6 Å². The van der Waals surface area contributed by atoms with Gasteiger partial charge in [0.15, 0.2) is 5.96 Å². The van der Waals surface area contributed by atoms with E-state index < -0.39 is 0 Å². The predicted octanol–water partition coefficient (Wildman–Crippen LogP) is 2.36. The fraction of sp³-hybridized carbons (Fsp3) is 0.833. The lowest BCUT2D eigenvalue weighted by Gasteiger charge is -2.54. The Bertz CT molecular complexity index is 584. The van der Waals surface area contributed by atoms with Crippen LogP contribution in [0.15, 0.2) is 11.3 Å². The molecule has 2 aliphatic carbocycles. The van der Waals surface area contributed by atoms with E-state index in [0.717, 1.165) is 44.3 Å². The van der Waals surface area contributed by atoms with Crippen molar-refractivity contribution < 1.29 is 4.74 Å². The molecule has 0 bridgehead atoms. The van der Waals surface area contributed by atoms with Crippen molar-refractivity contribution in [1.29, 1.82) is 0 Å². The van der Waals surface area contributed by atoms with E-state index in [9.17, 15) is 0 Å². The number of aliphatic imine (C=N–C) groups is 1. The summed E-state index contributed by atoms with van der Waals surface area (Å²) in [4.78, 5) is 4.41. The molecule has 0 saturated heterocycles. The molecule has 2 N–H and O–H groups in total. The number of rotatable bonds is 7. The summed E-state index contributed by atoms with van der Waals surface area (Å²) in [7, 11) is 1.84. The Hall–Kier alpha value is -0.900. The van der Waals surface area contributed by atoms with Gasteiger partial charge in [-0.2, -0.15) is 0 Å². The van der Waals surface area contributed by atoms with Crippen LogP contribution in [0.5, 0.6) is 0 Å². The van der Waals surface area contributed by atoms with E-state index in [4.69, 9.17) is 4.74 Å². The van der Waals surface area contributed by atoms with Gasteiger partial charge in [-0.25, -0.2) is 0 Å². The first-order valence-electron chi connectivity index (χ1n) is 9.69. The number of hydrogen-bond acceptors (Lipinski definition) is 4. The van der Waals surface area contributed by atoms with Crippen LogP contribution in [0.4, 0.5) is 0 Å². The molecule has 26 heavy (non-hydrogen) atoms. The molecular formula is C18H33IN6O. The van der Waals surface area contributed by atoms with Crippen molar-refractivity contribution in [2.24, 2.45) is 10.4 Å². The van der Waals surface area contributed by atoms with Crippen molar-refractivity contribution in [3.05, 3.63) is 12.2 Å². The van der Waals surface area contributed by atoms with Crippen molar-refractivity contribution in [2.75, 3.05) is 20.2 Å². The Morgan fingerprint density at radius 3 is 2.81 bits per heavy atom. The van der Waals surface area contributed by atoms with Crippen molar-refractivity contribution in [1.82, 2.24) is 25.4 Å². The number of nitrogens with zero attached hydrogens (tertiary/aromatic N) is 4. The number of nitrogens with one attached hydrogen (secondary N) is 2. The number of aromatic nitrogens is 3.